The van der Waals surface area contributed by atoms with Gasteiger partial charge in [-0.05, 0) is 13.0 Å². The third-order valence-corrected chi connectivity index (χ3v) is 1.43. The summed E-state index contributed by atoms with van der Waals surface area (Å²) < 4.78 is 0. The fraction of sp³-hybridized carbons (Fsp3) is 0.0909. The number of para-hydroxylation sites is 2. The highest BCUT2D eigenvalue weighted by molar-refractivity contribution is 5.44. The maximum Gasteiger partial charge on any atom is 0.310 e. The standard InChI is InChI=1S/C6H5NO3.C5H8/c8-6-4-2-1-3-5(6)7(9)10;1-4-5(2)3/h1-4,8H;4H,1-2H2,3H3. The van der Waals surface area contributed by atoms with Gasteiger partial charge in [-0.2, -0.15) is 0 Å². The summed E-state index contributed by atoms with van der Waals surface area (Å²) in [6.45, 7) is 8.93. The van der Waals surface area contributed by atoms with Crippen molar-refractivity contribution < 1.29 is 10.0 Å². The van der Waals surface area contributed by atoms with Crippen LogP contribution in [-0.2, 0) is 0 Å². The molecule has 0 atom stereocenters. The van der Waals surface area contributed by atoms with Crippen molar-refractivity contribution in [2.45, 2.75) is 6.92 Å². The highest BCUT2D eigenvalue weighted by Gasteiger charge is 2.09. The van der Waals surface area contributed by atoms with E-state index in [1.165, 1.54) is 24.3 Å². The minimum atomic E-state index is -0.630. The predicted octanol–water partition coefficient (Wildman–Crippen LogP) is 3.05. The molecule has 1 rings (SSSR count). The molecule has 0 spiro atoms. The van der Waals surface area contributed by atoms with Gasteiger partial charge in [0.05, 0.1) is 4.92 Å². The quantitative estimate of drug-likeness (QED) is 0.460. The summed E-state index contributed by atoms with van der Waals surface area (Å²) in [4.78, 5) is 9.44. The molecule has 1 aromatic rings. The topological polar surface area (TPSA) is 63.4 Å². The van der Waals surface area contributed by atoms with E-state index in [-0.39, 0.29) is 11.4 Å². The number of hydrogen-bond donors (Lipinski definition) is 1. The van der Waals surface area contributed by atoms with Crippen molar-refractivity contribution in [3.8, 4) is 5.75 Å². The molecule has 0 aliphatic heterocycles. The SMILES string of the molecule is C=CC(=C)C.O=[N+]([O-])c1ccccc1O. The lowest BCUT2D eigenvalue weighted by Crippen LogP contribution is -1.86. The van der Waals surface area contributed by atoms with Crippen LogP contribution < -0.4 is 0 Å². The van der Waals surface area contributed by atoms with Gasteiger partial charge in [0.2, 0.25) is 0 Å². The highest BCUT2D eigenvalue weighted by atomic mass is 16.6. The molecule has 80 valence electrons. The van der Waals surface area contributed by atoms with Gasteiger partial charge >= 0.3 is 5.69 Å². The van der Waals surface area contributed by atoms with Crippen molar-refractivity contribution in [1.82, 2.24) is 0 Å². The van der Waals surface area contributed by atoms with E-state index >= 15 is 0 Å². The average molecular weight is 207 g/mol. The lowest BCUT2D eigenvalue weighted by atomic mass is 10.3. The molecule has 4 nitrogen and oxygen atoms in total. The molecule has 1 aromatic carbocycles. The second-order valence-corrected chi connectivity index (χ2v) is 2.80. The number of rotatable bonds is 2. The predicted molar refractivity (Wildman–Crippen MR) is 59.8 cm³/mol. The first-order chi connectivity index (χ1) is 6.99. The van der Waals surface area contributed by atoms with Crippen molar-refractivity contribution in [1.29, 1.82) is 0 Å². The van der Waals surface area contributed by atoms with Gasteiger partial charge in [-0.25, -0.2) is 0 Å². The molecule has 0 unspecified atom stereocenters. The summed E-state index contributed by atoms with van der Waals surface area (Å²) in [5.41, 5.74) is 0.757. The summed E-state index contributed by atoms with van der Waals surface area (Å²) >= 11 is 0. The zero-order valence-corrected chi connectivity index (χ0v) is 8.51. The summed E-state index contributed by atoms with van der Waals surface area (Å²) in [5.74, 6) is -0.299. The summed E-state index contributed by atoms with van der Waals surface area (Å²) in [6, 6.07) is 5.55. The van der Waals surface area contributed by atoms with Crippen molar-refractivity contribution in [2.75, 3.05) is 0 Å². The summed E-state index contributed by atoms with van der Waals surface area (Å²) in [7, 11) is 0. The third kappa shape index (κ3) is 5.25. The minimum absolute atomic E-state index is 0.262. The van der Waals surface area contributed by atoms with E-state index in [4.69, 9.17) is 5.11 Å². The minimum Gasteiger partial charge on any atom is -0.502 e. The molecule has 0 heterocycles. The third-order valence-electron chi connectivity index (χ3n) is 1.43. The van der Waals surface area contributed by atoms with Crippen molar-refractivity contribution in [3.63, 3.8) is 0 Å². The van der Waals surface area contributed by atoms with Crippen LogP contribution in [-0.4, -0.2) is 10.0 Å². The normalized spacial score (nSPS) is 8.33. The molecular weight excluding hydrogens is 194 g/mol. The zero-order valence-electron chi connectivity index (χ0n) is 8.51. The zero-order chi connectivity index (χ0) is 11.8. The first-order valence-corrected chi connectivity index (χ1v) is 4.19. The first kappa shape index (κ1) is 12.9. The van der Waals surface area contributed by atoms with Crippen LogP contribution in [0, 0.1) is 10.1 Å². The van der Waals surface area contributed by atoms with Gasteiger partial charge in [-0.3, -0.25) is 10.1 Å². The fourth-order valence-electron chi connectivity index (χ4n) is 0.619. The van der Waals surface area contributed by atoms with Crippen LogP contribution in [0.15, 0.2) is 49.1 Å². The lowest BCUT2D eigenvalue weighted by Gasteiger charge is -1.91. The van der Waals surface area contributed by atoms with Crippen LogP contribution in [0.25, 0.3) is 0 Å². The largest absolute Gasteiger partial charge is 0.502 e. The Hall–Kier alpha value is -2.10. The van der Waals surface area contributed by atoms with E-state index in [9.17, 15) is 10.1 Å². The molecule has 0 fully saturated rings. The Kier molecular flexibility index (Phi) is 5.48. The van der Waals surface area contributed by atoms with E-state index in [0.29, 0.717) is 0 Å². The van der Waals surface area contributed by atoms with Crippen LogP contribution in [0.4, 0.5) is 5.69 Å². The van der Waals surface area contributed by atoms with E-state index in [1.807, 2.05) is 6.92 Å². The molecular formula is C11H13NO3. The van der Waals surface area contributed by atoms with Gasteiger partial charge in [0, 0.05) is 6.07 Å². The molecule has 15 heavy (non-hydrogen) atoms. The number of allylic oxidation sites excluding steroid dienone is 2. The Morgan fingerprint density at radius 3 is 2.27 bits per heavy atom. The van der Waals surface area contributed by atoms with Gasteiger partial charge in [0.25, 0.3) is 0 Å². The second kappa shape index (κ2) is 6.37. The van der Waals surface area contributed by atoms with Crippen LogP contribution in [0.1, 0.15) is 6.92 Å². The number of benzene rings is 1. The number of phenols is 1. The van der Waals surface area contributed by atoms with Crippen LogP contribution in [0.5, 0.6) is 5.75 Å². The molecule has 0 saturated heterocycles. The van der Waals surface area contributed by atoms with Gasteiger partial charge < -0.3 is 5.11 Å². The molecule has 1 N–H and O–H groups in total. The number of nitro groups is 1. The molecule has 0 aromatic heterocycles. The monoisotopic (exact) mass is 207 g/mol. The number of nitro benzene ring substituents is 1. The van der Waals surface area contributed by atoms with Crippen molar-refractivity contribution >= 4 is 5.69 Å². The van der Waals surface area contributed by atoms with Gasteiger partial charge in [0.1, 0.15) is 0 Å². The van der Waals surface area contributed by atoms with E-state index in [0.717, 1.165) is 5.57 Å². The molecule has 0 saturated carbocycles. The van der Waals surface area contributed by atoms with E-state index in [2.05, 4.69) is 13.2 Å². The van der Waals surface area contributed by atoms with Crippen LogP contribution in [0.3, 0.4) is 0 Å². The lowest BCUT2D eigenvalue weighted by molar-refractivity contribution is -0.385. The Balaban J connectivity index is 0.000000336. The maximum atomic E-state index is 10.1. The number of aromatic hydroxyl groups is 1. The van der Waals surface area contributed by atoms with Gasteiger partial charge in [-0.15, -0.1) is 0 Å². The van der Waals surface area contributed by atoms with E-state index < -0.39 is 4.92 Å². The van der Waals surface area contributed by atoms with Gasteiger partial charge in [0.15, 0.2) is 5.75 Å². The van der Waals surface area contributed by atoms with Crippen molar-refractivity contribution in [3.05, 3.63) is 59.2 Å². The molecule has 0 bridgehead atoms. The molecule has 0 aliphatic rings. The Morgan fingerprint density at radius 2 is 2.00 bits per heavy atom. The van der Waals surface area contributed by atoms with Gasteiger partial charge in [-0.1, -0.05) is 36.9 Å². The fourth-order valence-corrected chi connectivity index (χ4v) is 0.619. The Morgan fingerprint density at radius 1 is 1.53 bits per heavy atom. The molecule has 0 aliphatic carbocycles. The Bertz CT molecular complexity index is 372. The number of hydrogen-bond acceptors (Lipinski definition) is 3. The summed E-state index contributed by atoms with van der Waals surface area (Å²) in [5, 5.41) is 18.9. The summed E-state index contributed by atoms with van der Waals surface area (Å²) in [6.07, 6.45) is 1.72. The molecule has 4 heteroatoms. The smallest absolute Gasteiger partial charge is 0.310 e. The maximum absolute atomic E-state index is 10.1. The number of phenolic OH excluding ortho intramolecular Hbond substituents is 1. The number of nitrogens with zero attached hydrogens (tertiary/aromatic N) is 1. The molecule has 0 amide bonds. The van der Waals surface area contributed by atoms with E-state index in [1.54, 1.807) is 6.08 Å². The van der Waals surface area contributed by atoms with Crippen LogP contribution in [0.2, 0.25) is 0 Å². The average Bonchev–Trinajstić information content (AvgIpc) is 2.19. The molecule has 0 radical (unpaired) electrons. The van der Waals surface area contributed by atoms with Crippen LogP contribution >= 0.6 is 0 Å². The second-order valence-electron chi connectivity index (χ2n) is 2.80. The highest BCUT2D eigenvalue weighted by Crippen LogP contribution is 2.23. The first-order valence-electron chi connectivity index (χ1n) is 4.19. The Labute approximate surface area is 88.3 Å². The van der Waals surface area contributed by atoms with Crippen molar-refractivity contribution in [2.24, 2.45) is 0 Å².